The van der Waals surface area contributed by atoms with Crippen molar-refractivity contribution in [2.75, 3.05) is 5.32 Å². The highest BCUT2D eigenvalue weighted by atomic mass is 19.1. The van der Waals surface area contributed by atoms with Gasteiger partial charge >= 0.3 is 0 Å². The van der Waals surface area contributed by atoms with Gasteiger partial charge in [-0.25, -0.2) is 4.39 Å². The number of hydrogen-bond acceptors (Lipinski definition) is 2. The lowest BCUT2D eigenvalue weighted by Gasteiger charge is -2.07. The van der Waals surface area contributed by atoms with Gasteiger partial charge in [0.25, 0.3) is 0 Å². The van der Waals surface area contributed by atoms with Crippen molar-refractivity contribution in [2.24, 2.45) is 7.05 Å². The van der Waals surface area contributed by atoms with E-state index in [1.54, 1.807) is 6.07 Å². The highest BCUT2D eigenvalue weighted by Gasteiger charge is 2.07. The molecule has 2 aromatic rings. The Kier molecular flexibility index (Phi) is 3.57. The fourth-order valence-electron chi connectivity index (χ4n) is 2.03. The average Bonchev–Trinajstić information content (AvgIpc) is 2.65. The number of benzene rings is 1. The third-order valence-corrected chi connectivity index (χ3v) is 3.45. The second kappa shape index (κ2) is 5.15. The molecule has 0 radical (unpaired) electrons. The molecular formula is C15H16FN3. The summed E-state index contributed by atoms with van der Waals surface area (Å²) >= 11 is 0. The molecule has 0 saturated carbocycles. The summed E-state index contributed by atoms with van der Waals surface area (Å²) in [5, 5.41) is 12.0. The Labute approximate surface area is 112 Å². The molecule has 4 heteroatoms. The Bertz CT molecular complexity index is 650. The summed E-state index contributed by atoms with van der Waals surface area (Å²) in [5.74, 6) is -0.486. The van der Waals surface area contributed by atoms with Crippen LogP contribution in [-0.2, 0) is 13.6 Å². The Morgan fingerprint density at radius 1 is 1.32 bits per heavy atom. The lowest BCUT2D eigenvalue weighted by atomic mass is 10.2. The highest BCUT2D eigenvalue weighted by Crippen LogP contribution is 2.17. The number of rotatable bonds is 3. The van der Waals surface area contributed by atoms with Crippen molar-refractivity contribution in [3.05, 3.63) is 52.6 Å². The maximum atomic E-state index is 13.2. The van der Waals surface area contributed by atoms with Crippen LogP contribution >= 0.6 is 0 Å². The third kappa shape index (κ3) is 2.60. The minimum atomic E-state index is -0.486. The van der Waals surface area contributed by atoms with Crippen molar-refractivity contribution in [1.29, 1.82) is 5.26 Å². The Morgan fingerprint density at radius 3 is 2.63 bits per heavy atom. The fourth-order valence-corrected chi connectivity index (χ4v) is 2.03. The average molecular weight is 257 g/mol. The van der Waals surface area contributed by atoms with Crippen molar-refractivity contribution < 1.29 is 4.39 Å². The minimum absolute atomic E-state index is 0.0611. The summed E-state index contributed by atoms with van der Waals surface area (Å²) in [5.41, 5.74) is 4.41. The van der Waals surface area contributed by atoms with Crippen LogP contribution in [0, 0.1) is 31.0 Å². The van der Waals surface area contributed by atoms with Crippen LogP contribution in [0.25, 0.3) is 0 Å². The first-order valence-electron chi connectivity index (χ1n) is 6.08. The molecule has 2 rings (SSSR count). The molecule has 0 atom stereocenters. The molecular weight excluding hydrogens is 241 g/mol. The number of aromatic nitrogens is 1. The largest absolute Gasteiger partial charge is 0.381 e. The first-order chi connectivity index (χ1) is 9.02. The van der Waals surface area contributed by atoms with Gasteiger partial charge in [0.1, 0.15) is 11.9 Å². The summed E-state index contributed by atoms with van der Waals surface area (Å²) in [6, 6.07) is 8.44. The number of hydrogen-bond donors (Lipinski definition) is 1. The summed E-state index contributed by atoms with van der Waals surface area (Å²) in [7, 11) is 2.03. The van der Waals surface area contributed by atoms with E-state index in [1.807, 2.05) is 13.1 Å². The van der Waals surface area contributed by atoms with Crippen molar-refractivity contribution >= 4 is 5.69 Å². The van der Waals surface area contributed by atoms with Gasteiger partial charge in [-0.15, -0.1) is 0 Å². The molecule has 98 valence electrons. The Morgan fingerprint density at radius 2 is 2.05 bits per heavy atom. The lowest BCUT2D eigenvalue weighted by molar-refractivity contribution is 0.624. The van der Waals surface area contributed by atoms with Crippen LogP contribution < -0.4 is 5.32 Å². The molecule has 1 aromatic carbocycles. The van der Waals surface area contributed by atoms with Crippen LogP contribution in [0.4, 0.5) is 10.1 Å². The molecule has 1 aromatic heterocycles. The summed E-state index contributed by atoms with van der Waals surface area (Å²) in [6.07, 6.45) is 0. The van der Waals surface area contributed by atoms with Crippen LogP contribution in [0.1, 0.15) is 22.5 Å². The van der Waals surface area contributed by atoms with Crippen molar-refractivity contribution in [2.45, 2.75) is 20.4 Å². The van der Waals surface area contributed by atoms with Crippen LogP contribution in [0.5, 0.6) is 0 Å². The minimum Gasteiger partial charge on any atom is -0.381 e. The van der Waals surface area contributed by atoms with Crippen molar-refractivity contribution in [1.82, 2.24) is 4.57 Å². The smallest absolute Gasteiger partial charge is 0.141 e. The van der Waals surface area contributed by atoms with E-state index in [4.69, 9.17) is 5.26 Å². The molecule has 1 heterocycles. The first-order valence-corrected chi connectivity index (χ1v) is 6.08. The molecule has 3 nitrogen and oxygen atoms in total. The number of anilines is 1. The molecule has 0 saturated heterocycles. The van der Waals surface area contributed by atoms with Gasteiger partial charge in [0.05, 0.1) is 5.56 Å². The predicted molar refractivity (Wildman–Crippen MR) is 73.3 cm³/mol. The second-order valence-electron chi connectivity index (χ2n) is 4.62. The standard InChI is InChI=1S/C15H16FN3/c1-10-6-13(11(2)19(10)3)9-18-14-4-5-15(16)12(7-14)8-17/h4-7,18H,9H2,1-3H3. The van der Waals surface area contributed by atoms with Crippen molar-refractivity contribution in [3.8, 4) is 6.07 Å². The summed E-state index contributed by atoms with van der Waals surface area (Å²) in [6.45, 7) is 4.78. The van der Waals surface area contributed by atoms with E-state index in [0.29, 0.717) is 6.54 Å². The summed E-state index contributed by atoms with van der Waals surface area (Å²) in [4.78, 5) is 0. The second-order valence-corrected chi connectivity index (χ2v) is 4.62. The van der Waals surface area contributed by atoms with Gasteiger partial charge in [-0.3, -0.25) is 0 Å². The van der Waals surface area contributed by atoms with Crippen LogP contribution in [0.3, 0.4) is 0 Å². The van der Waals surface area contributed by atoms with Gasteiger partial charge in [-0.1, -0.05) is 0 Å². The molecule has 0 spiro atoms. The van der Waals surface area contributed by atoms with Gasteiger partial charge in [0.2, 0.25) is 0 Å². The Hall–Kier alpha value is -2.28. The molecule has 0 aliphatic rings. The zero-order valence-corrected chi connectivity index (χ0v) is 11.3. The molecule has 0 aliphatic heterocycles. The van der Waals surface area contributed by atoms with Gasteiger partial charge in [0, 0.05) is 30.7 Å². The molecule has 0 bridgehead atoms. The molecule has 19 heavy (non-hydrogen) atoms. The zero-order chi connectivity index (χ0) is 14.0. The monoisotopic (exact) mass is 257 g/mol. The summed E-state index contributed by atoms with van der Waals surface area (Å²) < 4.78 is 15.3. The predicted octanol–water partition coefficient (Wildman–Crippen LogP) is 3.26. The topological polar surface area (TPSA) is 40.8 Å². The normalized spacial score (nSPS) is 10.3. The van der Waals surface area contributed by atoms with Crippen LogP contribution in [0.2, 0.25) is 0 Å². The number of aryl methyl sites for hydroxylation is 1. The zero-order valence-electron chi connectivity index (χ0n) is 11.3. The number of nitrogens with zero attached hydrogens (tertiary/aromatic N) is 2. The third-order valence-electron chi connectivity index (χ3n) is 3.45. The van der Waals surface area contributed by atoms with Gasteiger partial charge in [0.15, 0.2) is 0 Å². The SMILES string of the molecule is Cc1cc(CNc2ccc(F)c(C#N)c2)c(C)n1C. The van der Waals surface area contributed by atoms with Gasteiger partial charge in [-0.05, 0) is 43.7 Å². The molecule has 1 N–H and O–H groups in total. The Balaban J connectivity index is 2.15. The van der Waals surface area contributed by atoms with E-state index < -0.39 is 5.82 Å². The van der Waals surface area contributed by atoms with Crippen LogP contribution in [0.15, 0.2) is 24.3 Å². The molecule has 0 amide bonds. The van der Waals surface area contributed by atoms with E-state index in [1.165, 1.54) is 29.1 Å². The number of nitrogens with one attached hydrogen (secondary N) is 1. The molecule has 0 aliphatic carbocycles. The van der Waals surface area contributed by atoms with Crippen LogP contribution in [-0.4, -0.2) is 4.57 Å². The molecule has 0 fully saturated rings. The van der Waals surface area contributed by atoms with Crippen molar-refractivity contribution in [3.63, 3.8) is 0 Å². The number of halogens is 1. The van der Waals surface area contributed by atoms with E-state index >= 15 is 0 Å². The maximum Gasteiger partial charge on any atom is 0.141 e. The van der Waals surface area contributed by atoms with E-state index in [9.17, 15) is 4.39 Å². The highest BCUT2D eigenvalue weighted by molar-refractivity contribution is 5.50. The lowest BCUT2D eigenvalue weighted by Crippen LogP contribution is -2.02. The fraction of sp³-hybridized carbons (Fsp3) is 0.267. The molecule has 0 unspecified atom stereocenters. The quantitative estimate of drug-likeness (QED) is 0.916. The first kappa shape index (κ1) is 13.2. The van der Waals surface area contributed by atoms with E-state index in [2.05, 4.69) is 29.8 Å². The van der Waals surface area contributed by atoms with Gasteiger partial charge in [-0.2, -0.15) is 5.26 Å². The van der Waals surface area contributed by atoms with E-state index in [-0.39, 0.29) is 5.56 Å². The van der Waals surface area contributed by atoms with E-state index in [0.717, 1.165) is 5.69 Å². The maximum absolute atomic E-state index is 13.2. The number of nitriles is 1. The van der Waals surface area contributed by atoms with Gasteiger partial charge < -0.3 is 9.88 Å².